The van der Waals surface area contributed by atoms with Crippen molar-refractivity contribution < 1.29 is 24.3 Å². The van der Waals surface area contributed by atoms with E-state index in [0.29, 0.717) is 21.7 Å². The zero-order valence-electron chi connectivity index (χ0n) is 26.9. The third-order valence-corrected chi connectivity index (χ3v) is 9.39. The fraction of sp³-hybridized carbons (Fsp3) is 0.0244. The average molecular weight is 712 g/mol. The Morgan fingerprint density at radius 1 is 0.686 bits per heavy atom. The number of carbonyl (C=O) groups is 4. The molecule has 0 aliphatic rings. The molecule has 0 fully saturated rings. The largest absolute Gasteiger partial charge is 0.478 e. The van der Waals surface area contributed by atoms with Gasteiger partial charge in [0.15, 0.2) is 0 Å². The number of hydrogen-bond acceptors (Lipinski definition) is 5. The van der Waals surface area contributed by atoms with Crippen molar-refractivity contribution >= 4 is 75.3 Å². The lowest BCUT2D eigenvalue weighted by molar-refractivity contribution is -0.116. The Balaban J connectivity index is 1.27. The summed E-state index contributed by atoms with van der Waals surface area (Å²) in [6.45, 7) is 0. The topological polar surface area (TPSA) is 125 Å². The molecule has 0 spiro atoms. The number of amides is 3. The molecular formula is C41H30ClN3O5S. The van der Waals surface area contributed by atoms with Crippen LogP contribution in [0.1, 0.15) is 37.1 Å². The van der Waals surface area contributed by atoms with Gasteiger partial charge in [-0.3, -0.25) is 14.4 Å². The van der Waals surface area contributed by atoms with E-state index in [1.54, 1.807) is 54.6 Å². The van der Waals surface area contributed by atoms with Crippen molar-refractivity contribution in [1.29, 1.82) is 0 Å². The number of nitrogens with one attached hydrogen (secondary N) is 3. The highest BCUT2D eigenvalue weighted by Gasteiger charge is 2.24. The molecule has 0 aromatic heterocycles. The van der Waals surface area contributed by atoms with Gasteiger partial charge in [-0.1, -0.05) is 109 Å². The summed E-state index contributed by atoms with van der Waals surface area (Å²) in [7, 11) is 0. The second kappa shape index (κ2) is 16.0. The molecule has 6 aromatic rings. The number of rotatable bonds is 11. The summed E-state index contributed by atoms with van der Waals surface area (Å²) in [5.41, 5.74) is 2.48. The molecule has 3 amide bonds. The van der Waals surface area contributed by atoms with Crippen LogP contribution in [0.3, 0.4) is 0 Å². The van der Waals surface area contributed by atoms with Gasteiger partial charge in [0.25, 0.3) is 11.8 Å². The molecule has 10 heteroatoms. The number of hydrogen-bond donors (Lipinski definition) is 4. The van der Waals surface area contributed by atoms with Gasteiger partial charge in [0.1, 0.15) is 10.9 Å². The lowest BCUT2D eigenvalue weighted by atomic mass is 10.0. The van der Waals surface area contributed by atoms with Gasteiger partial charge in [-0.25, -0.2) is 4.79 Å². The fourth-order valence-electron chi connectivity index (χ4n) is 5.31. The van der Waals surface area contributed by atoms with Crippen molar-refractivity contribution in [3.05, 3.63) is 179 Å². The van der Waals surface area contributed by atoms with Crippen LogP contribution in [-0.2, 0) is 9.59 Å². The van der Waals surface area contributed by atoms with E-state index in [9.17, 15) is 24.3 Å². The highest BCUT2D eigenvalue weighted by Crippen LogP contribution is 2.38. The minimum atomic E-state index is -1.15. The Hall–Kier alpha value is -6.16. The van der Waals surface area contributed by atoms with Crippen LogP contribution in [0, 0.1) is 0 Å². The number of thioether (sulfide) groups is 1. The van der Waals surface area contributed by atoms with Crippen LogP contribution in [0.15, 0.2) is 156 Å². The van der Waals surface area contributed by atoms with Crippen LogP contribution >= 0.6 is 23.4 Å². The summed E-state index contributed by atoms with van der Waals surface area (Å²) in [5.74, 6) is -2.55. The lowest BCUT2D eigenvalue weighted by Gasteiger charge is -2.18. The summed E-state index contributed by atoms with van der Waals surface area (Å²) in [6.07, 6.45) is 1.65. The second-order valence-electron chi connectivity index (χ2n) is 11.3. The number of carbonyl (C=O) groups excluding carboxylic acids is 3. The zero-order chi connectivity index (χ0) is 35.7. The quantitative estimate of drug-likeness (QED) is 0.0785. The van der Waals surface area contributed by atoms with Crippen molar-refractivity contribution in [3.8, 4) is 0 Å². The molecule has 0 aliphatic heterocycles. The van der Waals surface area contributed by atoms with E-state index in [-0.39, 0.29) is 22.0 Å². The first-order valence-electron chi connectivity index (χ1n) is 15.8. The Morgan fingerprint density at radius 3 is 2.14 bits per heavy atom. The van der Waals surface area contributed by atoms with Crippen LogP contribution in [0.4, 0.5) is 11.4 Å². The maximum atomic E-state index is 13.9. The first-order valence-corrected chi connectivity index (χ1v) is 17.0. The molecule has 51 heavy (non-hydrogen) atoms. The number of benzene rings is 6. The van der Waals surface area contributed by atoms with Gasteiger partial charge in [-0.2, -0.15) is 0 Å². The van der Waals surface area contributed by atoms with Gasteiger partial charge >= 0.3 is 5.97 Å². The van der Waals surface area contributed by atoms with E-state index < -0.39 is 28.9 Å². The van der Waals surface area contributed by atoms with Gasteiger partial charge < -0.3 is 21.1 Å². The van der Waals surface area contributed by atoms with Gasteiger partial charge in [0, 0.05) is 16.1 Å². The number of anilines is 2. The third kappa shape index (κ3) is 8.72. The van der Waals surface area contributed by atoms with Gasteiger partial charge in [-0.05, 0) is 76.5 Å². The monoisotopic (exact) mass is 711 g/mol. The van der Waals surface area contributed by atoms with E-state index >= 15 is 0 Å². The van der Waals surface area contributed by atoms with E-state index in [0.717, 1.165) is 16.3 Å². The smallest absolute Gasteiger partial charge is 0.335 e. The second-order valence-corrected chi connectivity index (χ2v) is 12.9. The Bertz CT molecular complexity index is 2270. The molecule has 6 aromatic carbocycles. The zero-order valence-corrected chi connectivity index (χ0v) is 28.4. The van der Waals surface area contributed by atoms with Crippen molar-refractivity contribution in [2.45, 2.75) is 10.1 Å². The molecule has 0 saturated heterocycles. The molecular weight excluding hydrogens is 682 g/mol. The average Bonchev–Trinajstić information content (AvgIpc) is 3.15. The SMILES string of the molecule is O=C(Nc1cccc(SC(C(=O)Nc2cc(C(=O)O)ccc2Cl)c2ccccc2)c1)/C(=C\c1cccc2ccccc12)NC(=O)c1ccccc1. The number of aromatic carboxylic acids is 1. The van der Waals surface area contributed by atoms with Crippen LogP contribution in [0.25, 0.3) is 16.8 Å². The first kappa shape index (κ1) is 34.7. The highest BCUT2D eigenvalue weighted by atomic mass is 35.5. The summed E-state index contributed by atoms with van der Waals surface area (Å²) in [6, 6.07) is 42.4. The highest BCUT2D eigenvalue weighted by molar-refractivity contribution is 8.00. The Labute approximate surface area is 303 Å². The van der Waals surface area contributed by atoms with Crippen molar-refractivity contribution in [2.24, 2.45) is 0 Å². The number of fused-ring (bicyclic) bond motifs is 1. The predicted molar refractivity (Wildman–Crippen MR) is 203 cm³/mol. The maximum Gasteiger partial charge on any atom is 0.335 e. The van der Waals surface area contributed by atoms with Crippen molar-refractivity contribution in [2.75, 3.05) is 10.6 Å². The van der Waals surface area contributed by atoms with E-state index in [4.69, 9.17) is 11.6 Å². The molecule has 0 heterocycles. The lowest BCUT2D eigenvalue weighted by Crippen LogP contribution is -2.30. The van der Waals surface area contributed by atoms with E-state index in [1.807, 2.05) is 78.9 Å². The van der Waals surface area contributed by atoms with Crippen molar-refractivity contribution in [3.63, 3.8) is 0 Å². The Kier molecular flexibility index (Phi) is 10.9. The first-order chi connectivity index (χ1) is 24.7. The van der Waals surface area contributed by atoms with Gasteiger partial charge in [-0.15, -0.1) is 11.8 Å². The minimum Gasteiger partial charge on any atom is -0.478 e. The van der Waals surface area contributed by atoms with Crippen LogP contribution < -0.4 is 16.0 Å². The maximum absolute atomic E-state index is 13.9. The normalized spacial score (nSPS) is 11.7. The number of carboxylic acids is 1. The molecule has 0 aliphatic carbocycles. The number of halogens is 1. The minimum absolute atomic E-state index is 0.0177. The third-order valence-electron chi connectivity index (χ3n) is 7.81. The van der Waals surface area contributed by atoms with Crippen LogP contribution in [0.2, 0.25) is 5.02 Å². The van der Waals surface area contributed by atoms with Crippen molar-refractivity contribution in [1.82, 2.24) is 5.32 Å². The molecule has 0 radical (unpaired) electrons. The van der Waals surface area contributed by atoms with Gasteiger partial charge in [0.05, 0.1) is 16.3 Å². The fourth-order valence-corrected chi connectivity index (χ4v) is 6.56. The molecule has 0 saturated carbocycles. The molecule has 1 unspecified atom stereocenters. The summed E-state index contributed by atoms with van der Waals surface area (Å²) in [4.78, 5) is 53.0. The summed E-state index contributed by atoms with van der Waals surface area (Å²) in [5, 5.41) is 19.2. The van der Waals surface area contributed by atoms with E-state index in [1.165, 1.54) is 30.0 Å². The van der Waals surface area contributed by atoms with E-state index in [2.05, 4.69) is 16.0 Å². The number of carboxylic acid groups (broad SMARTS) is 1. The predicted octanol–water partition coefficient (Wildman–Crippen LogP) is 9.07. The molecule has 0 bridgehead atoms. The molecule has 6 rings (SSSR count). The van der Waals surface area contributed by atoms with Crippen LogP contribution in [0.5, 0.6) is 0 Å². The summed E-state index contributed by atoms with van der Waals surface area (Å²) < 4.78 is 0. The van der Waals surface area contributed by atoms with Crippen LogP contribution in [-0.4, -0.2) is 28.8 Å². The summed E-state index contributed by atoms with van der Waals surface area (Å²) >= 11 is 7.55. The Morgan fingerprint density at radius 2 is 1.37 bits per heavy atom. The standard InChI is InChI=1S/C41H30ClN3O5S/c42-34-22-21-30(41(49)50)24-35(34)44-40(48)37(27-12-3-1-4-13-27)51-32-19-10-18-31(25-32)43-39(47)36(45-38(46)28-14-5-2-6-15-28)23-29-17-9-16-26-11-7-8-20-33(26)29/h1-25,37H,(H,43,47)(H,44,48)(H,45,46)(H,49,50)/b36-23+. The molecule has 252 valence electrons. The van der Waals surface area contributed by atoms with Gasteiger partial charge in [0.2, 0.25) is 5.91 Å². The molecule has 1 atom stereocenters. The molecule has 4 N–H and O–H groups in total. The molecule has 8 nitrogen and oxygen atoms in total.